The van der Waals surface area contributed by atoms with Crippen LogP contribution in [0.3, 0.4) is 0 Å². The van der Waals surface area contributed by atoms with Crippen LogP contribution < -0.4 is 11.1 Å². The molecule has 1 atom stereocenters. The average molecular weight is 462 g/mol. The highest BCUT2D eigenvalue weighted by Crippen LogP contribution is 2.39. The minimum Gasteiger partial charge on any atom is -0.492 e. The van der Waals surface area contributed by atoms with Crippen LogP contribution in [0.5, 0.6) is 5.88 Å². The van der Waals surface area contributed by atoms with Gasteiger partial charge in [0.25, 0.3) is 0 Å². The highest BCUT2D eigenvalue weighted by molar-refractivity contribution is 7.93. The van der Waals surface area contributed by atoms with E-state index in [0.29, 0.717) is 5.52 Å². The topological polar surface area (TPSA) is 143 Å². The predicted molar refractivity (Wildman–Crippen MR) is 115 cm³/mol. The highest BCUT2D eigenvalue weighted by Gasteiger charge is 2.49. The van der Waals surface area contributed by atoms with E-state index >= 15 is 0 Å². The van der Waals surface area contributed by atoms with Crippen molar-refractivity contribution in [3.63, 3.8) is 0 Å². The molecule has 0 amide bonds. The molecule has 0 aliphatic carbocycles. The van der Waals surface area contributed by atoms with Gasteiger partial charge >= 0.3 is 0 Å². The zero-order valence-electron chi connectivity index (χ0n) is 17.4. The number of nitrogens with two attached hydrogens (primary N) is 1. The molecule has 3 heterocycles. The second-order valence-corrected chi connectivity index (χ2v) is 10.8. The van der Waals surface area contributed by atoms with Gasteiger partial charge in [0.1, 0.15) is 21.6 Å². The fraction of sp³-hybridized carbons (Fsp3) is 0.300. The predicted octanol–water partition coefficient (Wildman–Crippen LogP) is 2.53. The molecule has 0 fully saturated rings. The van der Waals surface area contributed by atoms with Gasteiger partial charge < -0.3 is 16.2 Å². The van der Waals surface area contributed by atoms with Crippen molar-refractivity contribution in [1.29, 1.82) is 0 Å². The molecule has 32 heavy (non-hydrogen) atoms. The molecule has 2 aromatic heterocycles. The quantitative estimate of drug-likeness (QED) is 0.539. The maximum absolute atomic E-state index is 14.8. The van der Waals surface area contributed by atoms with E-state index < -0.39 is 37.5 Å². The van der Waals surface area contributed by atoms with E-state index in [1.807, 2.05) is 0 Å². The van der Waals surface area contributed by atoms with E-state index in [9.17, 15) is 22.3 Å². The van der Waals surface area contributed by atoms with Crippen LogP contribution in [0.2, 0.25) is 0 Å². The first kappa shape index (κ1) is 21.8. The normalized spacial score (nSPS) is 21.8. The molecule has 1 unspecified atom stereocenters. The van der Waals surface area contributed by atoms with Crippen molar-refractivity contribution in [1.82, 2.24) is 15.0 Å². The van der Waals surface area contributed by atoms with Crippen LogP contribution in [-0.4, -0.2) is 44.8 Å². The van der Waals surface area contributed by atoms with Crippen molar-refractivity contribution < 1.29 is 22.3 Å². The number of nitrogens with one attached hydrogen (secondary N) is 1. The minimum atomic E-state index is -3.82. The van der Waals surface area contributed by atoms with E-state index in [1.54, 1.807) is 0 Å². The molecule has 0 spiro atoms. The first-order valence-electron chi connectivity index (χ1n) is 9.49. The second kappa shape index (κ2) is 7.05. The number of nitrogens with zero attached hydrogens (tertiary/aromatic N) is 4. The number of aliphatic imine (C=N–C) groups is 1. The van der Waals surface area contributed by atoms with Crippen LogP contribution in [0.4, 0.5) is 20.3 Å². The molecule has 1 aromatic carbocycles. The number of hydrogen-bond donors (Lipinski definition) is 3. The van der Waals surface area contributed by atoms with Gasteiger partial charge in [-0.25, -0.2) is 32.2 Å². The molecule has 1 aliphatic heterocycles. The largest absolute Gasteiger partial charge is 0.492 e. The summed E-state index contributed by atoms with van der Waals surface area (Å²) in [6, 6.07) is 3.69. The number of halogens is 2. The van der Waals surface area contributed by atoms with Crippen LogP contribution in [0.1, 0.15) is 26.3 Å². The molecule has 0 radical (unpaired) electrons. The Bertz CT molecular complexity index is 1390. The third kappa shape index (κ3) is 3.40. The number of amidine groups is 1. The van der Waals surface area contributed by atoms with Gasteiger partial charge in [0.15, 0.2) is 27.3 Å². The summed E-state index contributed by atoms with van der Waals surface area (Å²) in [6.07, 6.45) is 2.53. The third-order valence-electron chi connectivity index (χ3n) is 5.55. The highest BCUT2D eigenvalue weighted by atomic mass is 32.2. The monoisotopic (exact) mass is 462 g/mol. The Hall–Kier alpha value is -3.41. The molecule has 12 heteroatoms. The van der Waals surface area contributed by atoms with Crippen molar-refractivity contribution in [2.75, 3.05) is 11.1 Å². The van der Waals surface area contributed by atoms with Crippen LogP contribution in [0.25, 0.3) is 11.0 Å². The number of benzene rings is 1. The zero-order valence-corrected chi connectivity index (χ0v) is 18.2. The molecular formula is C20H20F2N6O3S. The minimum absolute atomic E-state index is 0.0889. The lowest BCUT2D eigenvalue weighted by molar-refractivity contribution is 0.446. The summed E-state index contributed by atoms with van der Waals surface area (Å²) in [4.78, 5) is 16.4. The summed E-state index contributed by atoms with van der Waals surface area (Å²) < 4.78 is 53.6. The molecule has 4 N–H and O–H groups in total. The van der Waals surface area contributed by atoms with Gasteiger partial charge in [-0.3, -0.25) is 4.99 Å². The molecule has 3 aromatic rings. The van der Waals surface area contributed by atoms with Gasteiger partial charge in [-0.2, -0.15) is 0 Å². The SMILES string of the molecule is CC1(c2cc(Nc3nccc4nc(O)cnc34)cc(F)c2F)CS(=O)(=O)C(C)(C)C(N)=N1. The molecule has 9 nitrogen and oxygen atoms in total. The first-order chi connectivity index (χ1) is 14.8. The number of hydrogen-bond acceptors (Lipinski definition) is 9. The second-order valence-electron chi connectivity index (χ2n) is 8.24. The van der Waals surface area contributed by atoms with Gasteiger partial charge in [-0.1, -0.05) is 0 Å². The number of aromatic nitrogens is 3. The lowest BCUT2D eigenvalue weighted by Gasteiger charge is -2.38. The van der Waals surface area contributed by atoms with Gasteiger partial charge in [0, 0.05) is 23.5 Å². The Morgan fingerprint density at radius 2 is 1.91 bits per heavy atom. The van der Waals surface area contributed by atoms with Gasteiger partial charge in [-0.15, -0.1) is 0 Å². The van der Waals surface area contributed by atoms with E-state index in [2.05, 4.69) is 25.3 Å². The summed E-state index contributed by atoms with van der Waals surface area (Å²) in [7, 11) is -3.82. The summed E-state index contributed by atoms with van der Waals surface area (Å²) in [5.74, 6) is -3.27. The Morgan fingerprint density at radius 1 is 1.19 bits per heavy atom. The smallest absolute Gasteiger partial charge is 0.230 e. The van der Waals surface area contributed by atoms with Crippen LogP contribution in [0.15, 0.2) is 35.6 Å². The molecule has 0 saturated carbocycles. The lowest BCUT2D eigenvalue weighted by atomic mass is 9.92. The summed E-state index contributed by atoms with van der Waals surface area (Å²) in [6.45, 7) is 4.22. The van der Waals surface area contributed by atoms with Gasteiger partial charge in [0.2, 0.25) is 5.88 Å². The zero-order chi connectivity index (χ0) is 23.5. The van der Waals surface area contributed by atoms with Crippen LogP contribution >= 0.6 is 0 Å². The van der Waals surface area contributed by atoms with Crippen molar-refractivity contribution in [3.8, 4) is 5.88 Å². The number of pyridine rings is 1. The number of fused-ring (bicyclic) bond motifs is 1. The van der Waals surface area contributed by atoms with Gasteiger partial charge in [0.05, 0.1) is 17.5 Å². The van der Waals surface area contributed by atoms with Crippen molar-refractivity contribution >= 4 is 38.2 Å². The van der Waals surface area contributed by atoms with Crippen molar-refractivity contribution in [2.45, 2.75) is 31.1 Å². The van der Waals surface area contributed by atoms with Gasteiger partial charge in [-0.05, 0) is 32.9 Å². The maximum Gasteiger partial charge on any atom is 0.230 e. The molecule has 0 saturated heterocycles. The first-order valence-corrected chi connectivity index (χ1v) is 11.1. The number of aromatic hydroxyl groups is 1. The van der Waals surface area contributed by atoms with Crippen LogP contribution in [0, 0.1) is 11.6 Å². The molecule has 4 rings (SSSR count). The molecule has 0 bridgehead atoms. The fourth-order valence-electron chi connectivity index (χ4n) is 3.50. The Labute approximate surface area is 182 Å². The standard InChI is InChI=1S/C20H20F2N6O3S/c1-19(2)18(23)28-20(3,9-32(19,30)31)11-6-10(7-12(21)15(11)22)26-17-16-13(4-5-24-17)27-14(29)8-25-16/h4-8H,9H2,1-3H3,(H2,23,28)(H,24,26)(H,27,29). The van der Waals surface area contributed by atoms with Crippen molar-refractivity contribution in [3.05, 3.63) is 47.8 Å². The van der Waals surface area contributed by atoms with E-state index in [1.165, 1.54) is 39.1 Å². The Balaban J connectivity index is 1.83. The fourth-order valence-corrected chi connectivity index (χ4v) is 5.18. The number of rotatable bonds is 3. The molecule has 1 aliphatic rings. The Morgan fingerprint density at radius 3 is 2.59 bits per heavy atom. The third-order valence-corrected chi connectivity index (χ3v) is 8.26. The van der Waals surface area contributed by atoms with E-state index in [0.717, 1.165) is 12.3 Å². The number of sulfone groups is 1. The summed E-state index contributed by atoms with van der Waals surface area (Å²) in [5.41, 5.74) is 4.71. The summed E-state index contributed by atoms with van der Waals surface area (Å²) >= 11 is 0. The molecular weight excluding hydrogens is 442 g/mol. The number of anilines is 2. The Kier molecular flexibility index (Phi) is 4.81. The lowest BCUT2D eigenvalue weighted by Crippen LogP contribution is -2.55. The van der Waals surface area contributed by atoms with E-state index in [-0.39, 0.29) is 34.3 Å². The van der Waals surface area contributed by atoms with Crippen molar-refractivity contribution in [2.24, 2.45) is 10.7 Å². The van der Waals surface area contributed by atoms with E-state index in [4.69, 9.17) is 5.73 Å². The molecule has 168 valence electrons. The average Bonchev–Trinajstić information content (AvgIpc) is 2.68. The maximum atomic E-state index is 14.8. The summed E-state index contributed by atoms with van der Waals surface area (Å²) in [5, 5.41) is 12.4. The van der Waals surface area contributed by atoms with Crippen LogP contribution in [-0.2, 0) is 15.4 Å².